The molecule has 0 aliphatic heterocycles. The first kappa shape index (κ1) is 13.6. The van der Waals surface area contributed by atoms with Crippen molar-refractivity contribution in [3.63, 3.8) is 0 Å². The van der Waals surface area contributed by atoms with E-state index in [1.54, 1.807) is 23.8 Å². The number of amides is 1. The third-order valence-electron chi connectivity index (χ3n) is 2.34. The van der Waals surface area contributed by atoms with Gasteiger partial charge in [0.1, 0.15) is 11.7 Å². The molecular weight excluding hydrogens is 244 g/mol. The molecule has 0 bridgehead atoms. The van der Waals surface area contributed by atoms with Crippen LogP contribution >= 0.6 is 11.6 Å². The SMILES string of the molecule is CCn1cc(Cl)cc1C(=O)NC(C)C(=O)OC. The second-order valence-electron chi connectivity index (χ2n) is 3.55. The summed E-state index contributed by atoms with van der Waals surface area (Å²) in [6.07, 6.45) is 1.67. The zero-order chi connectivity index (χ0) is 13.0. The summed E-state index contributed by atoms with van der Waals surface area (Å²) in [6, 6.07) is 0.871. The summed E-state index contributed by atoms with van der Waals surface area (Å²) in [5.41, 5.74) is 0.424. The lowest BCUT2D eigenvalue weighted by molar-refractivity contribution is -0.142. The van der Waals surface area contributed by atoms with Gasteiger partial charge in [0.05, 0.1) is 12.1 Å². The van der Waals surface area contributed by atoms with Gasteiger partial charge in [-0.3, -0.25) is 4.79 Å². The van der Waals surface area contributed by atoms with Gasteiger partial charge in [-0.2, -0.15) is 0 Å². The number of aryl methyl sites for hydroxylation is 1. The monoisotopic (exact) mass is 258 g/mol. The van der Waals surface area contributed by atoms with Crippen LogP contribution in [0.25, 0.3) is 0 Å². The van der Waals surface area contributed by atoms with Crippen molar-refractivity contribution < 1.29 is 14.3 Å². The first-order valence-electron chi connectivity index (χ1n) is 5.24. The third-order valence-corrected chi connectivity index (χ3v) is 2.55. The van der Waals surface area contributed by atoms with E-state index in [2.05, 4.69) is 10.1 Å². The number of halogens is 1. The lowest BCUT2D eigenvalue weighted by Gasteiger charge is -2.12. The Hall–Kier alpha value is -1.49. The number of rotatable bonds is 4. The number of nitrogens with zero attached hydrogens (tertiary/aromatic N) is 1. The van der Waals surface area contributed by atoms with Crippen molar-refractivity contribution in [1.82, 2.24) is 9.88 Å². The van der Waals surface area contributed by atoms with E-state index in [-0.39, 0.29) is 5.91 Å². The molecule has 6 heteroatoms. The molecular formula is C11H15ClN2O3. The van der Waals surface area contributed by atoms with Crippen molar-refractivity contribution in [2.24, 2.45) is 0 Å². The number of methoxy groups -OCH3 is 1. The molecule has 0 saturated carbocycles. The van der Waals surface area contributed by atoms with Crippen LogP contribution < -0.4 is 5.32 Å². The smallest absolute Gasteiger partial charge is 0.328 e. The van der Waals surface area contributed by atoms with Crippen LogP contribution in [0.5, 0.6) is 0 Å². The van der Waals surface area contributed by atoms with Gasteiger partial charge in [-0.15, -0.1) is 0 Å². The van der Waals surface area contributed by atoms with E-state index in [4.69, 9.17) is 11.6 Å². The highest BCUT2D eigenvalue weighted by atomic mass is 35.5. The Labute approximate surface area is 105 Å². The molecule has 1 amide bonds. The second-order valence-corrected chi connectivity index (χ2v) is 3.98. The molecule has 0 aromatic carbocycles. The Morgan fingerprint density at radius 3 is 2.76 bits per heavy atom. The maximum atomic E-state index is 11.9. The number of nitrogens with one attached hydrogen (secondary N) is 1. The Morgan fingerprint density at radius 1 is 1.59 bits per heavy atom. The van der Waals surface area contributed by atoms with Crippen molar-refractivity contribution in [3.05, 3.63) is 23.0 Å². The molecule has 0 aliphatic rings. The molecule has 0 fully saturated rings. The molecule has 1 heterocycles. The number of hydrogen-bond donors (Lipinski definition) is 1. The fraction of sp³-hybridized carbons (Fsp3) is 0.455. The van der Waals surface area contributed by atoms with Gasteiger partial charge in [-0.25, -0.2) is 4.79 Å². The Bertz CT molecular complexity index is 428. The molecule has 94 valence electrons. The standard InChI is InChI=1S/C11H15ClN2O3/c1-4-14-6-8(12)5-9(14)10(15)13-7(2)11(16)17-3/h5-7H,4H2,1-3H3,(H,13,15). The number of carbonyl (C=O) groups is 2. The van der Waals surface area contributed by atoms with Gasteiger partial charge in [-0.05, 0) is 19.9 Å². The van der Waals surface area contributed by atoms with Gasteiger partial charge >= 0.3 is 5.97 Å². The summed E-state index contributed by atoms with van der Waals surface area (Å²) in [5, 5.41) is 3.03. The van der Waals surface area contributed by atoms with E-state index >= 15 is 0 Å². The highest BCUT2D eigenvalue weighted by Gasteiger charge is 2.19. The molecule has 0 spiro atoms. The summed E-state index contributed by atoms with van der Waals surface area (Å²) in [6.45, 7) is 4.09. The Kier molecular flexibility index (Phi) is 4.57. The summed E-state index contributed by atoms with van der Waals surface area (Å²) >= 11 is 5.82. The highest BCUT2D eigenvalue weighted by Crippen LogP contribution is 2.14. The second kappa shape index (κ2) is 5.72. The van der Waals surface area contributed by atoms with Crippen molar-refractivity contribution in [1.29, 1.82) is 0 Å². The van der Waals surface area contributed by atoms with Crippen LogP contribution in [0.2, 0.25) is 5.02 Å². The lowest BCUT2D eigenvalue weighted by atomic mass is 10.3. The molecule has 1 unspecified atom stereocenters. The van der Waals surface area contributed by atoms with Crippen molar-refractivity contribution in [2.75, 3.05) is 7.11 Å². The molecule has 1 atom stereocenters. The number of ether oxygens (including phenoxy) is 1. The highest BCUT2D eigenvalue weighted by molar-refractivity contribution is 6.31. The fourth-order valence-corrected chi connectivity index (χ4v) is 1.65. The van der Waals surface area contributed by atoms with Crippen LogP contribution in [0.1, 0.15) is 24.3 Å². The summed E-state index contributed by atoms with van der Waals surface area (Å²) in [7, 11) is 1.27. The minimum absolute atomic E-state index is 0.350. The molecule has 1 rings (SSSR count). The van der Waals surface area contributed by atoms with E-state index in [9.17, 15) is 9.59 Å². The van der Waals surface area contributed by atoms with Gasteiger partial charge in [0.15, 0.2) is 0 Å². The predicted octanol–water partition coefficient (Wildman–Crippen LogP) is 1.45. The third kappa shape index (κ3) is 3.23. The first-order chi connectivity index (χ1) is 7.99. The van der Waals surface area contributed by atoms with Crippen LogP contribution in [0, 0.1) is 0 Å². The molecule has 0 aliphatic carbocycles. The fourth-order valence-electron chi connectivity index (χ4n) is 1.43. The summed E-state index contributed by atoms with van der Waals surface area (Å²) in [4.78, 5) is 23.0. The number of aromatic nitrogens is 1. The van der Waals surface area contributed by atoms with Crippen LogP contribution in [-0.4, -0.2) is 29.6 Å². The Morgan fingerprint density at radius 2 is 2.24 bits per heavy atom. The maximum absolute atomic E-state index is 11.9. The summed E-state index contributed by atoms with van der Waals surface area (Å²) in [5.74, 6) is -0.837. The van der Waals surface area contributed by atoms with Gasteiger partial charge in [0, 0.05) is 12.7 Å². The molecule has 0 saturated heterocycles. The molecule has 1 aromatic heterocycles. The van der Waals surface area contributed by atoms with Crippen LogP contribution in [-0.2, 0) is 16.1 Å². The van der Waals surface area contributed by atoms with Crippen LogP contribution in [0.4, 0.5) is 0 Å². The average Bonchev–Trinajstić information content (AvgIpc) is 2.69. The first-order valence-corrected chi connectivity index (χ1v) is 5.61. The van der Waals surface area contributed by atoms with E-state index < -0.39 is 12.0 Å². The molecule has 5 nitrogen and oxygen atoms in total. The molecule has 17 heavy (non-hydrogen) atoms. The quantitative estimate of drug-likeness (QED) is 0.832. The molecule has 1 aromatic rings. The minimum Gasteiger partial charge on any atom is -0.467 e. The van der Waals surface area contributed by atoms with E-state index in [0.29, 0.717) is 17.3 Å². The van der Waals surface area contributed by atoms with Gasteiger partial charge in [0.25, 0.3) is 5.91 Å². The van der Waals surface area contributed by atoms with Gasteiger partial charge < -0.3 is 14.6 Å². The molecule has 1 N–H and O–H groups in total. The van der Waals surface area contributed by atoms with E-state index in [1.807, 2.05) is 6.92 Å². The van der Waals surface area contributed by atoms with Crippen molar-refractivity contribution >= 4 is 23.5 Å². The predicted molar refractivity (Wildman–Crippen MR) is 64.1 cm³/mol. The van der Waals surface area contributed by atoms with Crippen LogP contribution in [0.15, 0.2) is 12.3 Å². The lowest BCUT2D eigenvalue weighted by Crippen LogP contribution is -2.39. The zero-order valence-electron chi connectivity index (χ0n) is 9.99. The average molecular weight is 259 g/mol. The number of esters is 1. The topological polar surface area (TPSA) is 60.3 Å². The van der Waals surface area contributed by atoms with E-state index in [0.717, 1.165) is 0 Å². The Balaban J connectivity index is 2.79. The number of hydrogen-bond acceptors (Lipinski definition) is 3. The van der Waals surface area contributed by atoms with E-state index in [1.165, 1.54) is 7.11 Å². The summed E-state index contributed by atoms with van der Waals surface area (Å²) < 4.78 is 6.23. The maximum Gasteiger partial charge on any atom is 0.328 e. The zero-order valence-corrected chi connectivity index (χ0v) is 10.7. The van der Waals surface area contributed by atoms with Crippen LogP contribution in [0.3, 0.4) is 0 Å². The van der Waals surface area contributed by atoms with Crippen molar-refractivity contribution in [3.8, 4) is 0 Å². The molecule has 0 radical (unpaired) electrons. The minimum atomic E-state index is -0.688. The van der Waals surface area contributed by atoms with Gasteiger partial charge in [0.2, 0.25) is 0 Å². The largest absolute Gasteiger partial charge is 0.467 e. The van der Waals surface area contributed by atoms with Gasteiger partial charge in [-0.1, -0.05) is 11.6 Å². The normalized spacial score (nSPS) is 12.0. The van der Waals surface area contributed by atoms with Crippen molar-refractivity contribution in [2.45, 2.75) is 26.4 Å². The number of carbonyl (C=O) groups excluding carboxylic acids is 2.